The van der Waals surface area contributed by atoms with Gasteiger partial charge in [0.2, 0.25) is 0 Å². The summed E-state index contributed by atoms with van der Waals surface area (Å²) >= 11 is 0. The third-order valence-corrected chi connectivity index (χ3v) is 3.23. The van der Waals surface area contributed by atoms with Crippen molar-refractivity contribution in [2.24, 2.45) is 0 Å². The van der Waals surface area contributed by atoms with Crippen LogP contribution in [0.4, 0.5) is 0 Å². The van der Waals surface area contributed by atoms with Crippen LogP contribution in [0.2, 0.25) is 0 Å². The zero-order valence-electron chi connectivity index (χ0n) is 13.7. The number of hydrogen-bond acceptors (Lipinski definition) is 0. The normalized spacial score (nSPS) is 11.1. The lowest BCUT2D eigenvalue weighted by Crippen LogP contribution is -2.03. The van der Waals surface area contributed by atoms with Crippen molar-refractivity contribution in [2.75, 3.05) is 0 Å². The van der Waals surface area contributed by atoms with Gasteiger partial charge in [-0.1, -0.05) is 82.1 Å². The van der Waals surface area contributed by atoms with E-state index >= 15 is 0 Å². The zero-order chi connectivity index (χ0) is 15.0. The van der Waals surface area contributed by atoms with Gasteiger partial charge in [-0.15, -0.1) is 0 Å². The second kappa shape index (κ2) is 8.58. The summed E-state index contributed by atoms with van der Waals surface area (Å²) in [7, 11) is 0. The van der Waals surface area contributed by atoms with Crippen molar-refractivity contribution in [3.05, 3.63) is 59.2 Å². The van der Waals surface area contributed by atoms with Crippen LogP contribution in [-0.2, 0) is 12.8 Å². The highest BCUT2D eigenvalue weighted by Gasteiger charge is 2.14. The highest BCUT2D eigenvalue weighted by Crippen LogP contribution is 2.33. The maximum Gasteiger partial charge on any atom is -0.0149 e. The number of fused-ring (bicyclic) bond motifs is 3. The van der Waals surface area contributed by atoms with Gasteiger partial charge in [0.25, 0.3) is 0 Å². The Bertz CT molecular complexity index is 523. The Morgan fingerprint density at radius 3 is 2.05 bits per heavy atom. The molecule has 0 atom stereocenters. The molecule has 0 bridgehead atoms. The summed E-state index contributed by atoms with van der Waals surface area (Å²) < 4.78 is 0. The molecule has 2 aromatic carbocycles. The van der Waals surface area contributed by atoms with E-state index in [1.54, 1.807) is 0 Å². The van der Waals surface area contributed by atoms with E-state index < -0.39 is 0 Å². The second-order valence-electron chi connectivity index (χ2n) is 5.02. The molecule has 1 aliphatic rings. The van der Waals surface area contributed by atoms with E-state index in [1.165, 1.54) is 47.1 Å². The van der Waals surface area contributed by atoms with Crippen LogP contribution in [0.1, 0.15) is 50.8 Å². The maximum absolute atomic E-state index is 2.32. The van der Waals surface area contributed by atoms with Crippen molar-refractivity contribution in [1.29, 1.82) is 0 Å². The van der Waals surface area contributed by atoms with Gasteiger partial charge in [-0.05, 0) is 42.0 Å². The molecule has 0 fully saturated rings. The molecule has 108 valence electrons. The predicted octanol–water partition coefficient (Wildman–Crippen LogP) is 6.20. The van der Waals surface area contributed by atoms with Crippen molar-refractivity contribution >= 4 is 0 Å². The van der Waals surface area contributed by atoms with E-state index in [1.807, 2.05) is 13.8 Å². The Morgan fingerprint density at radius 2 is 1.35 bits per heavy atom. The van der Waals surface area contributed by atoms with Crippen LogP contribution < -0.4 is 0 Å². The number of rotatable bonds is 0. The SMILES string of the molecule is CC.CCC.Cc1ccc2c(c1)CCc1ccccc1-2. The van der Waals surface area contributed by atoms with E-state index in [4.69, 9.17) is 0 Å². The third kappa shape index (κ3) is 3.96. The Balaban J connectivity index is 0.000000357. The van der Waals surface area contributed by atoms with Crippen LogP contribution in [0.5, 0.6) is 0 Å². The molecule has 0 aromatic heterocycles. The fraction of sp³-hybridized carbons (Fsp3) is 0.400. The van der Waals surface area contributed by atoms with Gasteiger partial charge in [0, 0.05) is 0 Å². The monoisotopic (exact) mass is 268 g/mol. The average Bonchev–Trinajstić information content (AvgIpc) is 2.49. The smallest absolute Gasteiger partial charge is 0.0149 e. The molecule has 0 heterocycles. The molecule has 0 aliphatic heterocycles. The molecular weight excluding hydrogens is 240 g/mol. The summed E-state index contributed by atoms with van der Waals surface area (Å²) in [5.41, 5.74) is 7.23. The number of aryl methyl sites for hydroxylation is 3. The van der Waals surface area contributed by atoms with Crippen LogP contribution in [0.15, 0.2) is 42.5 Å². The Morgan fingerprint density at radius 1 is 0.800 bits per heavy atom. The molecule has 0 amide bonds. The number of hydrogen-bond donors (Lipinski definition) is 0. The van der Waals surface area contributed by atoms with Crippen molar-refractivity contribution in [3.8, 4) is 11.1 Å². The first-order valence-corrected chi connectivity index (χ1v) is 7.94. The average molecular weight is 268 g/mol. The van der Waals surface area contributed by atoms with Gasteiger partial charge < -0.3 is 0 Å². The second-order valence-corrected chi connectivity index (χ2v) is 5.02. The molecule has 0 saturated carbocycles. The quantitative estimate of drug-likeness (QED) is 0.533. The Hall–Kier alpha value is -1.56. The van der Waals surface area contributed by atoms with Crippen LogP contribution >= 0.6 is 0 Å². The highest BCUT2D eigenvalue weighted by molar-refractivity contribution is 5.73. The maximum atomic E-state index is 2.32. The van der Waals surface area contributed by atoms with Gasteiger partial charge >= 0.3 is 0 Å². The molecular formula is C20H28. The largest absolute Gasteiger partial charge is 0.0683 e. The van der Waals surface area contributed by atoms with Gasteiger partial charge in [-0.3, -0.25) is 0 Å². The van der Waals surface area contributed by atoms with Crippen LogP contribution in [0.25, 0.3) is 11.1 Å². The minimum atomic E-state index is 1.19. The van der Waals surface area contributed by atoms with Crippen molar-refractivity contribution in [1.82, 2.24) is 0 Å². The fourth-order valence-corrected chi connectivity index (χ4v) is 2.46. The first kappa shape index (κ1) is 16.5. The molecule has 0 spiro atoms. The Kier molecular flexibility index (Phi) is 7.08. The minimum absolute atomic E-state index is 1.19. The predicted molar refractivity (Wildman–Crippen MR) is 91.3 cm³/mol. The van der Waals surface area contributed by atoms with Gasteiger partial charge in [-0.25, -0.2) is 0 Å². The van der Waals surface area contributed by atoms with Crippen LogP contribution in [0.3, 0.4) is 0 Å². The highest BCUT2D eigenvalue weighted by atomic mass is 14.2. The molecule has 0 saturated heterocycles. The topological polar surface area (TPSA) is 0 Å². The van der Waals surface area contributed by atoms with Crippen LogP contribution in [-0.4, -0.2) is 0 Å². The van der Waals surface area contributed by atoms with E-state index in [9.17, 15) is 0 Å². The molecule has 20 heavy (non-hydrogen) atoms. The van der Waals surface area contributed by atoms with Crippen molar-refractivity contribution in [2.45, 2.75) is 53.9 Å². The standard InChI is InChI=1S/C15H14.C3H8.C2H6/c1-11-6-9-15-13(10-11)8-7-12-4-2-3-5-14(12)15;1-3-2;1-2/h2-6,9-10H,7-8H2,1H3;3H2,1-2H3;1-2H3. The molecule has 2 aromatic rings. The lowest BCUT2D eigenvalue weighted by Gasteiger charge is -2.19. The zero-order valence-corrected chi connectivity index (χ0v) is 13.7. The minimum Gasteiger partial charge on any atom is -0.0683 e. The molecule has 0 heteroatoms. The van der Waals surface area contributed by atoms with Gasteiger partial charge in [0.05, 0.1) is 0 Å². The molecule has 0 nitrogen and oxygen atoms in total. The van der Waals surface area contributed by atoms with Crippen molar-refractivity contribution in [3.63, 3.8) is 0 Å². The summed E-state index contributed by atoms with van der Waals surface area (Å²) in [6.07, 6.45) is 3.63. The van der Waals surface area contributed by atoms with E-state index in [-0.39, 0.29) is 0 Å². The fourth-order valence-electron chi connectivity index (χ4n) is 2.46. The van der Waals surface area contributed by atoms with Gasteiger partial charge in [-0.2, -0.15) is 0 Å². The molecule has 0 unspecified atom stereocenters. The Labute approximate surface area is 124 Å². The summed E-state index contributed by atoms with van der Waals surface area (Å²) in [5.74, 6) is 0. The molecule has 0 N–H and O–H groups in total. The van der Waals surface area contributed by atoms with Gasteiger partial charge in [0.15, 0.2) is 0 Å². The lowest BCUT2D eigenvalue weighted by atomic mass is 9.85. The van der Waals surface area contributed by atoms with E-state index in [0.29, 0.717) is 0 Å². The van der Waals surface area contributed by atoms with Crippen LogP contribution in [0, 0.1) is 6.92 Å². The summed E-state index contributed by atoms with van der Waals surface area (Å²) in [4.78, 5) is 0. The summed E-state index contributed by atoms with van der Waals surface area (Å²) in [6.45, 7) is 10.4. The summed E-state index contributed by atoms with van der Waals surface area (Å²) in [5, 5.41) is 0. The molecule has 3 rings (SSSR count). The summed E-state index contributed by atoms with van der Waals surface area (Å²) in [6, 6.07) is 15.6. The van der Waals surface area contributed by atoms with E-state index in [0.717, 1.165) is 0 Å². The third-order valence-electron chi connectivity index (χ3n) is 3.23. The van der Waals surface area contributed by atoms with E-state index in [2.05, 4.69) is 63.2 Å². The molecule has 0 radical (unpaired) electrons. The first-order valence-electron chi connectivity index (χ1n) is 7.94. The first-order chi connectivity index (χ1) is 9.76. The number of benzene rings is 2. The van der Waals surface area contributed by atoms with Gasteiger partial charge in [0.1, 0.15) is 0 Å². The van der Waals surface area contributed by atoms with Crippen molar-refractivity contribution < 1.29 is 0 Å². The lowest BCUT2D eigenvalue weighted by molar-refractivity contribution is 0.940. The molecule has 1 aliphatic carbocycles.